The number of benzene rings is 1. The highest BCUT2D eigenvalue weighted by Crippen LogP contribution is 2.20. The molecular weight excluding hydrogens is 266 g/mol. The fourth-order valence-corrected chi connectivity index (χ4v) is 2.92. The third-order valence-corrected chi connectivity index (χ3v) is 3.99. The Hall–Kier alpha value is -2.14. The highest BCUT2D eigenvalue weighted by molar-refractivity contribution is 5.73. The van der Waals surface area contributed by atoms with Crippen LogP contribution in [0, 0.1) is 0 Å². The molecule has 0 bridgehead atoms. The zero-order valence-electron chi connectivity index (χ0n) is 11.9. The van der Waals surface area contributed by atoms with Crippen LogP contribution in [0.25, 0.3) is 5.69 Å². The van der Waals surface area contributed by atoms with Gasteiger partial charge >= 0.3 is 5.97 Å². The van der Waals surface area contributed by atoms with Crippen LogP contribution in [0.1, 0.15) is 25.1 Å². The number of rotatable bonds is 4. The lowest BCUT2D eigenvalue weighted by Crippen LogP contribution is -2.44. The van der Waals surface area contributed by atoms with Crippen molar-refractivity contribution in [2.75, 3.05) is 6.54 Å². The molecule has 0 aliphatic carbocycles. The van der Waals surface area contributed by atoms with Crippen LogP contribution >= 0.6 is 0 Å². The van der Waals surface area contributed by atoms with Crippen LogP contribution in [0.5, 0.6) is 0 Å². The van der Waals surface area contributed by atoms with Gasteiger partial charge in [0.2, 0.25) is 0 Å². The molecule has 1 atom stereocenters. The maximum absolute atomic E-state index is 11.4. The van der Waals surface area contributed by atoms with Crippen LogP contribution in [0.3, 0.4) is 0 Å². The van der Waals surface area contributed by atoms with Gasteiger partial charge in [0.05, 0.1) is 6.54 Å². The first-order chi connectivity index (χ1) is 10.3. The van der Waals surface area contributed by atoms with Gasteiger partial charge in [0.15, 0.2) is 0 Å². The highest BCUT2D eigenvalue weighted by atomic mass is 16.4. The third-order valence-electron chi connectivity index (χ3n) is 3.99. The molecule has 1 aromatic carbocycles. The zero-order chi connectivity index (χ0) is 14.7. The van der Waals surface area contributed by atoms with Crippen LogP contribution in [-0.4, -0.2) is 38.1 Å². The molecule has 1 fully saturated rings. The average Bonchev–Trinajstić information content (AvgIpc) is 2.96. The van der Waals surface area contributed by atoms with Crippen molar-refractivity contribution in [3.63, 3.8) is 0 Å². The SMILES string of the molecule is O=C(O)C1CCCCN1Cc1nccn1-c1ccccc1. The molecule has 1 saturated heterocycles. The van der Waals surface area contributed by atoms with Crippen molar-refractivity contribution in [3.8, 4) is 5.69 Å². The summed E-state index contributed by atoms with van der Waals surface area (Å²) < 4.78 is 2.02. The van der Waals surface area contributed by atoms with Crippen molar-refractivity contribution in [2.24, 2.45) is 0 Å². The summed E-state index contributed by atoms with van der Waals surface area (Å²) in [6.45, 7) is 1.39. The summed E-state index contributed by atoms with van der Waals surface area (Å²) in [6.07, 6.45) is 6.45. The molecule has 1 unspecified atom stereocenters. The zero-order valence-corrected chi connectivity index (χ0v) is 11.9. The van der Waals surface area contributed by atoms with Crippen molar-refractivity contribution in [1.29, 1.82) is 0 Å². The number of nitrogens with zero attached hydrogens (tertiary/aromatic N) is 3. The number of hydrogen-bond donors (Lipinski definition) is 1. The minimum absolute atomic E-state index is 0.389. The van der Waals surface area contributed by atoms with Crippen molar-refractivity contribution in [3.05, 3.63) is 48.5 Å². The van der Waals surface area contributed by atoms with Crippen LogP contribution in [-0.2, 0) is 11.3 Å². The summed E-state index contributed by atoms with van der Waals surface area (Å²) in [6, 6.07) is 9.61. The Kier molecular flexibility index (Phi) is 4.01. The van der Waals surface area contributed by atoms with Gasteiger partial charge in [0.1, 0.15) is 11.9 Å². The van der Waals surface area contributed by atoms with Gasteiger partial charge in [-0.05, 0) is 31.5 Å². The van der Waals surface area contributed by atoms with E-state index in [0.717, 1.165) is 37.3 Å². The molecule has 0 spiro atoms. The smallest absolute Gasteiger partial charge is 0.320 e. The second-order valence-corrected chi connectivity index (χ2v) is 5.37. The normalized spacial score (nSPS) is 19.5. The second-order valence-electron chi connectivity index (χ2n) is 5.37. The Bertz CT molecular complexity index is 609. The minimum atomic E-state index is -0.729. The number of carboxylic acid groups (broad SMARTS) is 1. The van der Waals surface area contributed by atoms with Crippen molar-refractivity contribution >= 4 is 5.97 Å². The molecule has 2 heterocycles. The molecule has 1 aliphatic rings. The fourth-order valence-electron chi connectivity index (χ4n) is 2.92. The van der Waals surface area contributed by atoms with E-state index in [1.165, 1.54) is 0 Å². The van der Waals surface area contributed by atoms with Gasteiger partial charge in [-0.2, -0.15) is 0 Å². The molecule has 1 aromatic heterocycles. The molecule has 2 aromatic rings. The van der Waals surface area contributed by atoms with E-state index in [2.05, 4.69) is 4.98 Å². The second kappa shape index (κ2) is 6.10. The number of imidazole rings is 1. The number of aromatic nitrogens is 2. The summed E-state index contributed by atoms with van der Waals surface area (Å²) in [5.74, 6) is 0.155. The number of carboxylic acids is 1. The summed E-state index contributed by atoms with van der Waals surface area (Å²) in [7, 11) is 0. The Labute approximate surface area is 123 Å². The maximum atomic E-state index is 11.4. The summed E-state index contributed by atoms with van der Waals surface area (Å²) >= 11 is 0. The van der Waals surface area contributed by atoms with Gasteiger partial charge in [-0.3, -0.25) is 9.69 Å². The number of carbonyl (C=O) groups is 1. The lowest BCUT2D eigenvalue weighted by atomic mass is 10.0. The van der Waals surface area contributed by atoms with Crippen LogP contribution in [0.15, 0.2) is 42.7 Å². The lowest BCUT2D eigenvalue weighted by molar-refractivity contribution is -0.144. The van der Waals surface area contributed by atoms with Gasteiger partial charge < -0.3 is 9.67 Å². The summed E-state index contributed by atoms with van der Waals surface area (Å²) in [4.78, 5) is 17.8. The van der Waals surface area contributed by atoms with Crippen molar-refractivity contribution in [1.82, 2.24) is 14.5 Å². The van der Waals surface area contributed by atoms with Gasteiger partial charge in [-0.15, -0.1) is 0 Å². The molecule has 5 heteroatoms. The monoisotopic (exact) mass is 285 g/mol. The van der Waals surface area contributed by atoms with E-state index in [4.69, 9.17) is 0 Å². The van der Waals surface area contributed by atoms with E-state index in [9.17, 15) is 9.90 Å². The molecule has 0 saturated carbocycles. The largest absolute Gasteiger partial charge is 0.480 e. The van der Waals surface area contributed by atoms with E-state index in [1.807, 2.05) is 46.0 Å². The van der Waals surface area contributed by atoms with Crippen molar-refractivity contribution < 1.29 is 9.90 Å². The van der Waals surface area contributed by atoms with Gasteiger partial charge in [0.25, 0.3) is 0 Å². The van der Waals surface area contributed by atoms with E-state index in [0.29, 0.717) is 6.54 Å². The Balaban J connectivity index is 1.82. The van der Waals surface area contributed by atoms with E-state index < -0.39 is 5.97 Å². The molecule has 1 aliphatic heterocycles. The average molecular weight is 285 g/mol. The first-order valence-corrected chi connectivity index (χ1v) is 7.30. The topological polar surface area (TPSA) is 58.4 Å². The fraction of sp³-hybridized carbons (Fsp3) is 0.375. The molecule has 110 valence electrons. The minimum Gasteiger partial charge on any atom is -0.480 e. The number of aliphatic carboxylic acids is 1. The molecule has 0 amide bonds. The first kappa shape index (κ1) is 13.8. The van der Waals surface area contributed by atoms with Gasteiger partial charge in [-0.1, -0.05) is 24.6 Å². The van der Waals surface area contributed by atoms with E-state index in [-0.39, 0.29) is 6.04 Å². The van der Waals surface area contributed by atoms with E-state index in [1.54, 1.807) is 6.20 Å². The number of piperidine rings is 1. The molecule has 1 N–H and O–H groups in total. The summed E-state index contributed by atoms with van der Waals surface area (Å²) in [5.41, 5.74) is 1.05. The van der Waals surface area contributed by atoms with Gasteiger partial charge in [0, 0.05) is 18.1 Å². The first-order valence-electron chi connectivity index (χ1n) is 7.30. The highest BCUT2D eigenvalue weighted by Gasteiger charge is 2.29. The predicted octanol–water partition coefficient (Wildman–Crippen LogP) is 2.31. The number of hydrogen-bond acceptors (Lipinski definition) is 3. The Morgan fingerprint density at radius 1 is 1.29 bits per heavy atom. The maximum Gasteiger partial charge on any atom is 0.320 e. The Morgan fingerprint density at radius 2 is 2.10 bits per heavy atom. The van der Waals surface area contributed by atoms with Gasteiger partial charge in [-0.25, -0.2) is 4.98 Å². The van der Waals surface area contributed by atoms with Crippen molar-refractivity contribution in [2.45, 2.75) is 31.8 Å². The standard InChI is InChI=1S/C16H19N3O2/c20-16(21)14-8-4-5-10-18(14)12-15-17-9-11-19(15)13-6-2-1-3-7-13/h1-3,6-7,9,11,14H,4-5,8,10,12H2,(H,20,21). The summed E-state index contributed by atoms with van der Waals surface area (Å²) in [5, 5.41) is 9.35. The Morgan fingerprint density at radius 3 is 2.86 bits per heavy atom. The predicted molar refractivity (Wildman–Crippen MR) is 79.2 cm³/mol. The van der Waals surface area contributed by atoms with E-state index >= 15 is 0 Å². The third kappa shape index (κ3) is 2.97. The lowest BCUT2D eigenvalue weighted by Gasteiger charge is -2.32. The quantitative estimate of drug-likeness (QED) is 0.936. The molecule has 5 nitrogen and oxygen atoms in total. The molecule has 0 radical (unpaired) electrons. The van der Waals surface area contributed by atoms with Crippen LogP contribution < -0.4 is 0 Å². The van der Waals surface area contributed by atoms with Crippen LogP contribution in [0.2, 0.25) is 0 Å². The molecular formula is C16H19N3O2. The molecule has 21 heavy (non-hydrogen) atoms. The number of likely N-dealkylation sites (tertiary alicyclic amines) is 1. The number of para-hydroxylation sites is 1. The molecule has 3 rings (SSSR count). The van der Waals surface area contributed by atoms with Crippen LogP contribution in [0.4, 0.5) is 0 Å².